The molecule has 0 saturated heterocycles. The molecular formula is C13H11N5S. The van der Waals surface area contributed by atoms with Crippen molar-refractivity contribution in [2.45, 2.75) is 13.8 Å². The van der Waals surface area contributed by atoms with Crippen molar-refractivity contribution in [3.05, 3.63) is 29.2 Å². The van der Waals surface area contributed by atoms with Crippen LogP contribution in [-0.2, 0) is 0 Å². The molecule has 0 amide bonds. The normalized spacial score (nSPS) is 11.7. The van der Waals surface area contributed by atoms with E-state index in [9.17, 15) is 0 Å². The fourth-order valence-corrected chi connectivity index (χ4v) is 3.20. The van der Waals surface area contributed by atoms with Crippen molar-refractivity contribution in [1.82, 2.24) is 24.9 Å². The second-order valence-corrected chi connectivity index (χ2v) is 5.70. The first kappa shape index (κ1) is 10.7. The Morgan fingerprint density at radius 1 is 1.21 bits per heavy atom. The number of pyridine rings is 1. The van der Waals surface area contributed by atoms with Gasteiger partial charge in [-0.3, -0.25) is 0 Å². The van der Waals surface area contributed by atoms with Gasteiger partial charge in [0.1, 0.15) is 11.2 Å². The highest BCUT2D eigenvalue weighted by molar-refractivity contribution is 7.15. The van der Waals surface area contributed by atoms with Crippen LogP contribution in [0.5, 0.6) is 0 Å². The Bertz CT molecular complexity index is 898. The maximum atomic E-state index is 4.71. The molecule has 0 aliphatic carbocycles. The summed E-state index contributed by atoms with van der Waals surface area (Å²) < 4.78 is 0. The van der Waals surface area contributed by atoms with Gasteiger partial charge in [-0.1, -0.05) is 0 Å². The molecule has 6 heteroatoms. The van der Waals surface area contributed by atoms with Crippen LogP contribution in [0.2, 0.25) is 0 Å². The topological polar surface area (TPSA) is 70.2 Å². The first-order valence-electron chi connectivity index (χ1n) is 5.98. The summed E-state index contributed by atoms with van der Waals surface area (Å²) in [6.45, 7) is 4.02. The zero-order valence-corrected chi connectivity index (χ0v) is 11.3. The monoisotopic (exact) mass is 269 g/mol. The molecule has 0 radical (unpaired) electrons. The molecule has 0 atom stereocenters. The number of imidazole rings is 1. The van der Waals surface area contributed by atoms with Gasteiger partial charge < -0.3 is 9.97 Å². The summed E-state index contributed by atoms with van der Waals surface area (Å²) in [5, 5.41) is 2.09. The molecule has 4 aromatic heterocycles. The Balaban J connectivity index is 2.03. The van der Waals surface area contributed by atoms with E-state index in [1.54, 1.807) is 11.3 Å². The second kappa shape index (κ2) is 3.64. The zero-order valence-electron chi connectivity index (χ0n) is 10.5. The smallest absolute Gasteiger partial charge is 0.150 e. The Morgan fingerprint density at radius 2 is 2.11 bits per heavy atom. The highest BCUT2D eigenvalue weighted by Crippen LogP contribution is 2.30. The van der Waals surface area contributed by atoms with Gasteiger partial charge in [0.05, 0.1) is 27.3 Å². The zero-order chi connectivity index (χ0) is 13.0. The second-order valence-electron chi connectivity index (χ2n) is 4.49. The van der Waals surface area contributed by atoms with E-state index in [0.717, 1.165) is 43.5 Å². The van der Waals surface area contributed by atoms with Crippen LogP contribution in [0, 0.1) is 13.8 Å². The standard InChI is InChI=1S/C13H11N5S/c1-6-11(19-7(2)16-6)13-17-9-5-15-12-8(3-4-14-12)10(9)18-13/h3-5H,1-2H3,(H,14,15)(H,17,18). The van der Waals surface area contributed by atoms with Crippen LogP contribution < -0.4 is 0 Å². The number of hydrogen-bond acceptors (Lipinski definition) is 4. The fourth-order valence-electron chi connectivity index (χ4n) is 2.33. The lowest BCUT2D eigenvalue weighted by Crippen LogP contribution is -1.79. The SMILES string of the molecule is Cc1nc(C)c(-c2nc3c(cnc4[nH]ccc43)[nH]2)s1. The van der Waals surface area contributed by atoms with Gasteiger partial charge in [0.15, 0.2) is 5.82 Å². The third-order valence-corrected chi connectivity index (χ3v) is 4.23. The van der Waals surface area contributed by atoms with E-state index in [1.807, 2.05) is 32.3 Å². The molecule has 0 aliphatic heterocycles. The molecule has 0 spiro atoms. The maximum absolute atomic E-state index is 4.71. The average Bonchev–Trinajstić information content (AvgIpc) is 3.05. The molecule has 4 heterocycles. The maximum Gasteiger partial charge on any atom is 0.150 e. The number of aryl methyl sites for hydroxylation is 2. The highest BCUT2D eigenvalue weighted by Gasteiger charge is 2.14. The predicted molar refractivity (Wildman–Crippen MR) is 76.3 cm³/mol. The van der Waals surface area contributed by atoms with Gasteiger partial charge in [-0.25, -0.2) is 15.0 Å². The third kappa shape index (κ3) is 1.50. The number of nitrogens with zero attached hydrogens (tertiary/aromatic N) is 3. The van der Waals surface area contributed by atoms with Crippen LogP contribution in [0.15, 0.2) is 18.5 Å². The Hall–Kier alpha value is -2.21. The van der Waals surface area contributed by atoms with Crippen LogP contribution in [-0.4, -0.2) is 24.9 Å². The van der Waals surface area contributed by atoms with E-state index in [2.05, 4.69) is 19.9 Å². The summed E-state index contributed by atoms with van der Waals surface area (Å²) in [5.41, 5.74) is 3.78. The lowest BCUT2D eigenvalue weighted by molar-refractivity contribution is 1.19. The van der Waals surface area contributed by atoms with Crippen LogP contribution in [0.4, 0.5) is 0 Å². The van der Waals surface area contributed by atoms with Gasteiger partial charge in [0.25, 0.3) is 0 Å². The third-order valence-electron chi connectivity index (χ3n) is 3.15. The number of H-pyrrole nitrogens is 2. The van der Waals surface area contributed by atoms with Crippen molar-refractivity contribution < 1.29 is 0 Å². The number of rotatable bonds is 1. The highest BCUT2D eigenvalue weighted by atomic mass is 32.1. The quantitative estimate of drug-likeness (QED) is 0.557. The lowest BCUT2D eigenvalue weighted by atomic mass is 10.3. The van der Waals surface area contributed by atoms with Crippen molar-refractivity contribution in [3.8, 4) is 10.7 Å². The van der Waals surface area contributed by atoms with Gasteiger partial charge in [0, 0.05) is 11.6 Å². The molecule has 0 fully saturated rings. The molecular weight excluding hydrogens is 258 g/mol. The molecule has 2 N–H and O–H groups in total. The van der Waals surface area contributed by atoms with E-state index in [-0.39, 0.29) is 0 Å². The van der Waals surface area contributed by atoms with Crippen LogP contribution in [0.1, 0.15) is 10.7 Å². The summed E-state index contributed by atoms with van der Waals surface area (Å²) in [6, 6.07) is 2.00. The molecule has 0 bridgehead atoms. The van der Waals surface area contributed by atoms with E-state index in [0.29, 0.717) is 0 Å². The number of aromatic amines is 2. The van der Waals surface area contributed by atoms with E-state index >= 15 is 0 Å². The largest absolute Gasteiger partial charge is 0.346 e. The van der Waals surface area contributed by atoms with Crippen molar-refractivity contribution in [1.29, 1.82) is 0 Å². The molecule has 94 valence electrons. The molecule has 0 saturated carbocycles. The number of aromatic nitrogens is 5. The van der Waals surface area contributed by atoms with E-state index in [1.165, 1.54) is 0 Å². The fraction of sp³-hybridized carbons (Fsp3) is 0.154. The first-order valence-corrected chi connectivity index (χ1v) is 6.80. The molecule has 0 aromatic carbocycles. The number of fused-ring (bicyclic) bond motifs is 3. The Labute approximate surface area is 112 Å². The van der Waals surface area contributed by atoms with Gasteiger partial charge in [-0.15, -0.1) is 11.3 Å². The Kier molecular flexibility index (Phi) is 2.05. The summed E-state index contributed by atoms with van der Waals surface area (Å²) >= 11 is 1.66. The van der Waals surface area contributed by atoms with Crippen LogP contribution in [0.25, 0.3) is 32.8 Å². The summed E-state index contributed by atoms with van der Waals surface area (Å²) in [7, 11) is 0. The summed E-state index contributed by atoms with van der Waals surface area (Å²) in [5.74, 6) is 0.869. The molecule has 5 nitrogen and oxygen atoms in total. The summed E-state index contributed by atoms with van der Waals surface area (Å²) in [4.78, 5) is 21.1. The average molecular weight is 269 g/mol. The number of thiazole rings is 1. The van der Waals surface area contributed by atoms with Crippen molar-refractivity contribution >= 4 is 33.4 Å². The molecule has 0 unspecified atom stereocenters. The van der Waals surface area contributed by atoms with Gasteiger partial charge in [-0.05, 0) is 19.9 Å². The number of hydrogen-bond donors (Lipinski definition) is 2. The summed E-state index contributed by atoms with van der Waals surface area (Å²) in [6.07, 6.45) is 3.70. The Morgan fingerprint density at radius 3 is 2.89 bits per heavy atom. The van der Waals surface area contributed by atoms with Crippen LogP contribution >= 0.6 is 11.3 Å². The van der Waals surface area contributed by atoms with E-state index < -0.39 is 0 Å². The predicted octanol–water partition coefficient (Wildman–Crippen LogP) is 3.18. The van der Waals surface area contributed by atoms with Crippen molar-refractivity contribution in [2.75, 3.05) is 0 Å². The lowest BCUT2D eigenvalue weighted by Gasteiger charge is -1.90. The van der Waals surface area contributed by atoms with E-state index in [4.69, 9.17) is 4.98 Å². The van der Waals surface area contributed by atoms with Gasteiger partial charge in [-0.2, -0.15) is 0 Å². The first-order chi connectivity index (χ1) is 9.22. The molecule has 19 heavy (non-hydrogen) atoms. The van der Waals surface area contributed by atoms with Crippen LogP contribution in [0.3, 0.4) is 0 Å². The molecule has 4 rings (SSSR count). The van der Waals surface area contributed by atoms with Gasteiger partial charge >= 0.3 is 0 Å². The molecule has 0 aliphatic rings. The minimum absolute atomic E-state index is 0.864. The van der Waals surface area contributed by atoms with Gasteiger partial charge in [0.2, 0.25) is 0 Å². The number of nitrogens with one attached hydrogen (secondary N) is 2. The minimum Gasteiger partial charge on any atom is -0.346 e. The van der Waals surface area contributed by atoms with Crippen molar-refractivity contribution in [2.24, 2.45) is 0 Å². The molecule has 4 aromatic rings. The minimum atomic E-state index is 0.864. The van der Waals surface area contributed by atoms with Crippen molar-refractivity contribution in [3.63, 3.8) is 0 Å².